The van der Waals surface area contributed by atoms with Crippen molar-refractivity contribution in [1.29, 1.82) is 0 Å². The van der Waals surface area contributed by atoms with E-state index in [-0.39, 0.29) is 40.1 Å². The summed E-state index contributed by atoms with van der Waals surface area (Å²) in [4.78, 5) is 7.99. The van der Waals surface area contributed by atoms with Crippen molar-refractivity contribution in [2.45, 2.75) is 20.0 Å². The van der Waals surface area contributed by atoms with E-state index in [2.05, 4.69) is 9.97 Å². The molecule has 0 aliphatic carbocycles. The molecule has 6 heteroatoms. The van der Waals surface area contributed by atoms with Crippen molar-refractivity contribution in [2.75, 3.05) is 0 Å². The zero-order valence-corrected chi connectivity index (χ0v) is 12.6. The zero-order valence-electron chi connectivity index (χ0n) is 9.76. The van der Waals surface area contributed by atoms with Gasteiger partial charge in [0.15, 0.2) is 0 Å². The van der Waals surface area contributed by atoms with Gasteiger partial charge in [0.2, 0.25) is 0 Å². The van der Waals surface area contributed by atoms with Crippen LogP contribution in [0.3, 0.4) is 0 Å². The van der Waals surface area contributed by atoms with Crippen molar-refractivity contribution in [1.82, 2.24) is 9.97 Å². The first-order valence-corrected chi connectivity index (χ1v) is 4.37. The molecule has 1 aromatic carbocycles. The summed E-state index contributed by atoms with van der Waals surface area (Å²) < 4.78 is 37.4. The van der Waals surface area contributed by atoms with Crippen LogP contribution < -0.4 is 4.98 Å². The molecule has 0 unspecified atom stereocenters. The quantitative estimate of drug-likeness (QED) is 0.697. The Morgan fingerprint density at radius 1 is 1.18 bits per heavy atom. The number of nitrogens with zero attached hydrogens (tertiary/aromatic N) is 2. The molecule has 17 heavy (non-hydrogen) atoms. The third-order valence-electron chi connectivity index (χ3n) is 2.16. The molecule has 0 aliphatic rings. The Kier molecular flexibility index (Phi) is 5.35. The van der Waals surface area contributed by atoms with Crippen molar-refractivity contribution in [3.8, 4) is 0 Å². The zero-order chi connectivity index (χ0) is 11.2. The van der Waals surface area contributed by atoms with E-state index in [1.807, 2.05) is 0 Å². The van der Waals surface area contributed by atoms with Crippen molar-refractivity contribution in [2.24, 2.45) is 0 Å². The first-order valence-electron chi connectivity index (χ1n) is 4.37. The second-order valence-electron chi connectivity index (χ2n) is 3.43. The fourth-order valence-corrected chi connectivity index (χ4v) is 1.52. The summed E-state index contributed by atoms with van der Waals surface area (Å²) in [6.45, 7) is 3.26. The first kappa shape index (κ1) is 16.6. The second kappa shape index (κ2) is 5.48. The molecule has 1 aromatic heterocycles. The van der Waals surface area contributed by atoms with Gasteiger partial charge in [-0.15, -0.1) is 0 Å². The van der Waals surface area contributed by atoms with E-state index in [9.17, 15) is 13.2 Å². The Bertz CT molecular complexity index is 517. The van der Waals surface area contributed by atoms with Gasteiger partial charge in [-0.3, -0.25) is 0 Å². The van der Waals surface area contributed by atoms with Crippen LogP contribution in [0.4, 0.5) is 13.2 Å². The molecular formula is C11H11F3N2Y-2. The summed E-state index contributed by atoms with van der Waals surface area (Å²) in [5, 5.41) is 0. The molecule has 0 fully saturated rings. The number of benzene rings is 1. The minimum Gasteiger partial charge on any atom is -0.440 e. The predicted octanol–water partition coefficient (Wildman–Crippen LogP) is 3.28. The molecule has 2 nitrogen and oxygen atoms in total. The minimum atomic E-state index is -4.33. The number of halogens is 3. The number of aromatic nitrogens is 2. The Hall–Kier alpha value is -0.416. The van der Waals surface area contributed by atoms with Gasteiger partial charge in [0.1, 0.15) is 0 Å². The number of rotatable bonds is 0. The third-order valence-corrected chi connectivity index (χ3v) is 2.16. The van der Waals surface area contributed by atoms with Gasteiger partial charge >= 0.3 is 6.18 Å². The van der Waals surface area contributed by atoms with Crippen molar-refractivity contribution in [3.05, 3.63) is 36.5 Å². The third kappa shape index (κ3) is 3.29. The van der Waals surface area contributed by atoms with E-state index in [1.165, 1.54) is 0 Å². The van der Waals surface area contributed by atoms with E-state index >= 15 is 0 Å². The van der Waals surface area contributed by atoms with Gasteiger partial charge in [-0.2, -0.15) is 13.2 Å². The van der Waals surface area contributed by atoms with Crippen LogP contribution in [0.2, 0.25) is 0 Å². The molecule has 91 valence electrons. The molecule has 0 amide bonds. The Morgan fingerprint density at radius 2 is 1.76 bits per heavy atom. The fraction of sp³-hybridized carbons (Fsp3) is 0.273. The molecule has 2 aromatic rings. The van der Waals surface area contributed by atoms with Crippen LogP contribution in [-0.4, -0.2) is 4.98 Å². The normalized spacial score (nSPS) is 10.9. The fourth-order valence-electron chi connectivity index (χ4n) is 1.52. The maximum absolute atomic E-state index is 12.5. The van der Waals surface area contributed by atoms with Crippen molar-refractivity contribution < 1.29 is 45.9 Å². The molecule has 0 bridgehead atoms. The summed E-state index contributed by atoms with van der Waals surface area (Å²) in [7, 11) is 0. The minimum absolute atomic E-state index is 0. The number of alkyl halides is 3. The molecule has 0 atom stereocenters. The van der Waals surface area contributed by atoms with E-state index < -0.39 is 11.7 Å². The summed E-state index contributed by atoms with van der Waals surface area (Å²) in [5.41, 5.74) is 0.674. The maximum atomic E-state index is 12.5. The summed E-state index contributed by atoms with van der Waals surface area (Å²) in [5.74, 6) is 0.493. The van der Waals surface area contributed by atoms with Crippen LogP contribution in [0, 0.1) is 21.3 Å². The van der Waals surface area contributed by atoms with E-state index in [0.29, 0.717) is 22.4 Å². The average molecular weight is 317 g/mol. The van der Waals surface area contributed by atoms with E-state index in [0.717, 1.165) is 12.1 Å². The number of hydrogen-bond donors (Lipinski definition) is 0. The first-order chi connectivity index (χ1) is 6.88. The molecule has 1 radical (unpaired) electrons. The average Bonchev–Trinajstić information content (AvgIpc) is 2.44. The predicted molar refractivity (Wildman–Crippen MR) is 56.0 cm³/mol. The van der Waals surface area contributed by atoms with Crippen molar-refractivity contribution >= 4 is 11.0 Å². The topological polar surface area (TPSA) is 27.0 Å². The molecule has 0 saturated carbocycles. The Morgan fingerprint density at radius 3 is 2.29 bits per heavy atom. The molecular weight excluding hydrogens is 306 g/mol. The van der Waals surface area contributed by atoms with Crippen LogP contribution in [0.1, 0.15) is 17.0 Å². The maximum Gasteiger partial charge on any atom is 0.416 e. The van der Waals surface area contributed by atoms with E-state index in [1.54, 1.807) is 13.8 Å². The summed E-state index contributed by atoms with van der Waals surface area (Å²) in [6, 6.07) is 2.12. The van der Waals surface area contributed by atoms with Gasteiger partial charge in [0.25, 0.3) is 0 Å². The molecule has 0 aliphatic heterocycles. The van der Waals surface area contributed by atoms with Gasteiger partial charge in [-0.1, -0.05) is 5.82 Å². The SMILES string of the molecule is Cc1nc2c(C)cc(C(F)(F)F)cc2[n-]1.[CH3-].[Y]. The standard InChI is InChI=1S/C10H8F3N2.CH3.Y/c1-5-3-7(10(11,12)13)4-8-9(5)15-6(2)14-8;;/h3-4H,1-2H3;1H3;/q2*-1;. The van der Waals surface area contributed by atoms with Crippen LogP contribution in [0.15, 0.2) is 12.1 Å². The van der Waals surface area contributed by atoms with Gasteiger partial charge in [0, 0.05) is 32.7 Å². The number of hydrogen-bond acceptors (Lipinski definition) is 1. The molecule has 0 N–H and O–H groups in total. The Labute approximate surface area is 123 Å². The monoisotopic (exact) mass is 317 g/mol. The Balaban J connectivity index is 0.00000128. The summed E-state index contributed by atoms with van der Waals surface area (Å²) in [6.07, 6.45) is -4.33. The molecule has 1 heterocycles. The van der Waals surface area contributed by atoms with Crippen LogP contribution >= 0.6 is 0 Å². The van der Waals surface area contributed by atoms with Crippen LogP contribution in [0.5, 0.6) is 0 Å². The summed E-state index contributed by atoms with van der Waals surface area (Å²) >= 11 is 0. The van der Waals surface area contributed by atoms with Crippen LogP contribution in [-0.2, 0) is 38.9 Å². The smallest absolute Gasteiger partial charge is 0.416 e. The van der Waals surface area contributed by atoms with E-state index in [4.69, 9.17) is 0 Å². The van der Waals surface area contributed by atoms with Gasteiger partial charge in [0.05, 0.1) is 5.56 Å². The second-order valence-corrected chi connectivity index (χ2v) is 3.43. The van der Waals surface area contributed by atoms with Crippen LogP contribution in [0.25, 0.3) is 11.0 Å². The molecule has 0 saturated heterocycles. The van der Waals surface area contributed by atoms with Gasteiger partial charge in [-0.05, 0) is 42.6 Å². The van der Waals surface area contributed by atoms with Crippen molar-refractivity contribution in [3.63, 3.8) is 0 Å². The largest absolute Gasteiger partial charge is 0.440 e. The molecule has 0 spiro atoms. The number of imidazole rings is 1. The van der Waals surface area contributed by atoms with Gasteiger partial charge in [-0.25, -0.2) is 0 Å². The molecule has 2 rings (SSSR count). The number of aryl methyl sites for hydroxylation is 2. The number of fused-ring (bicyclic) bond motifs is 1. The van der Waals surface area contributed by atoms with Gasteiger partial charge < -0.3 is 17.4 Å².